The fourth-order valence-electron chi connectivity index (χ4n) is 5.64. The molecule has 1 aliphatic carbocycles. The maximum Gasteiger partial charge on any atom is 0.338 e. The molecule has 6 atom stereocenters. The summed E-state index contributed by atoms with van der Waals surface area (Å²) in [6.07, 6.45) is -11.1. The van der Waals surface area contributed by atoms with Crippen molar-refractivity contribution in [3.8, 4) is 0 Å². The monoisotopic (exact) mass is 700 g/mol. The summed E-state index contributed by atoms with van der Waals surface area (Å²) in [6, 6.07) is 39.0. The number of carbonyl (C=O) groups is 5. The number of carbonyl (C=O) groups excluding carboxylic acids is 5. The maximum atomic E-state index is 13.7. The van der Waals surface area contributed by atoms with Crippen molar-refractivity contribution >= 4 is 29.8 Å². The molecule has 1 saturated carbocycles. The van der Waals surface area contributed by atoms with Gasteiger partial charge in [-0.1, -0.05) is 91.0 Å². The van der Waals surface area contributed by atoms with Crippen LogP contribution in [0.3, 0.4) is 0 Å². The van der Waals surface area contributed by atoms with Gasteiger partial charge in [0.1, 0.15) is 6.10 Å². The molecule has 11 nitrogen and oxygen atoms in total. The molecule has 1 N–H and O–H groups in total. The quantitative estimate of drug-likeness (QED) is 0.146. The number of aliphatic hydroxyl groups excluding tert-OH is 1. The van der Waals surface area contributed by atoms with Crippen LogP contribution in [0.15, 0.2) is 152 Å². The van der Waals surface area contributed by atoms with E-state index in [2.05, 4.69) is 0 Å². The number of benzene rings is 5. The van der Waals surface area contributed by atoms with Gasteiger partial charge in [0.2, 0.25) is 0 Å². The van der Waals surface area contributed by atoms with Crippen LogP contribution in [0.1, 0.15) is 51.8 Å². The van der Waals surface area contributed by atoms with Crippen LogP contribution in [-0.2, 0) is 23.7 Å². The van der Waals surface area contributed by atoms with Crippen molar-refractivity contribution in [3.63, 3.8) is 0 Å². The highest BCUT2D eigenvalue weighted by Gasteiger charge is 2.59. The molecular weight excluding hydrogens is 668 g/mol. The Morgan fingerprint density at radius 1 is 0.308 bits per heavy atom. The normalized spacial score (nSPS) is 20.8. The van der Waals surface area contributed by atoms with E-state index in [0.717, 1.165) is 0 Å². The first-order chi connectivity index (χ1) is 25.3. The molecule has 5 aromatic carbocycles. The van der Waals surface area contributed by atoms with Crippen molar-refractivity contribution in [1.82, 2.24) is 0 Å². The van der Waals surface area contributed by atoms with E-state index in [1.807, 2.05) is 0 Å². The highest BCUT2D eigenvalue weighted by atomic mass is 16.7. The number of hydrogen-bond donors (Lipinski definition) is 1. The smallest absolute Gasteiger partial charge is 0.338 e. The second-order valence-corrected chi connectivity index (χ2v) is 11.7. The first-order valence-corrected chi connectivity index (χ1v) is 16.3. The molecule has 11 heteroatoms. The van der Waals surface area contributed by atoms with Gasteiger partial charge in [0.25, 0.3) is 0 Å². The van der Waals surface area contributed by atoms with Gasteiger partial charge in [-0.05, 0) is 60.7 Å². The molecule has 262 valence electrons. The number of hydrogen-bond acceptors (Lipinski definition) is 11. The molecule has 0 radical (unpaired) electrons. The second kappa shape index (κ2) is 16.4. The summed E-state index contributed by atoms with van der Waals surface area (Å²) in [5.41, 5.74) is 0.389. The molecule has 52 heavy (non-hydrogen) atoms. The summed E-state index contributed by atoms with van der Waals surface area (Å²) in [4.78, 5) is 68.1. The number of rotatable bonds is 10. The minimum absolute atomic E-state index is 0.0746. The fourth-order valence-corrected chi connectivity index (χ4v) is 5.64. The predicted octanol–water partition coefficient (Wildman–Crippen LogP) is 5.49. The Labute approximate surface area is 298 Å². The van der Waals surface area contributed by atoms with Crippen LogP contribution in [0, 0.1) is 0 Å². The highest BCUT2D eigenvalue weighted by molar-refractivity contribution is 5.92. The number of ether oxygens (including phenoxy) is 5. The van der Waals surface area contributed by atoms with E-state index < -0.39 is 66.5 Å². The summed E-state index contributed by atoms with van der Waals surface area (Å²) in [7, 11) is 0. The third-order valence-electron chi connectivity index (χ3n) is 8.23. The van der Waals surface area contributed by atoms with E-state index in [0.29, 0.717) is 0 Å². The summed E-state index contributed by atoms with van der Waals surface area (Å²) < 4.78 is 29.5. The number of aliphatic hydroxyl groups is 1. The van der Waals surface area contributed by atoms with Gasteiger partial charge in [-0.15, -0.1) is 0 Å². The molecule has 0 amide bonds. The van der Waals surface area contributed by atoms with E-state index in [9.17, 15) is 29.1 Å². The van der Waals surface area contributed by atoms with Gasteiger partial charge < -0.3 is 28.8 Å². The Bertz CT molecular complexity index is 1870. The van der Waals surface area contributed by atoms with Gasteiger partial charge in [-0.3, -0.25) is 0 Å². The van der Waals surface area contributed by atoms with Crippen LogP contribution >= 0.6 is 0 Å². The molecule has 0 saturated heterocycles. The van der Waals surface area contributed by atoms with E-state index in [4.69, 9.17) is 23.7 Å². The third-order valence-corrected chi connectivity index (χ3v) is 8.23. The lowest BCUT2D eigenvalue weighted by atomic mass is 9.83. The molecule has 0 spiro atoms. The molecule has 0 aromatic heterocycles. The van der Waals surface area contributed by atoms with Gasteiger partial charge in [0.05, 0.1) is 27.8 Å². The zero-order chi connectivity index (χ0) is 36.5. The lowest BCUT2D eigenvalue weighted by molar-refractivity contribution is -0.223. The summed E-state index contributed by atoms with van der Waals surface area (Å²) in [6.45, 7) is 0. The van der Waals surface area contributed by atoms with Crippen LogP contribution in [0.5, 0.6) is 0 Å². The zero-order valence-electron chi connectivity index (χ0n) is 27.4. The van der Waals surface area contributed by atoms with Crippen LogP contribution in [0.25, 0.3) is 0 Å². The van der Waals surface area contributed by atoms with Gasteiger partial charge in [0.15, 0.2) is 30.5 Å². The Morgan fingerprint density at radius 2 is 0.481 bits per heavy atom. The van der Waals surface area contributed by atoms with Crippen LogP contribution in [0.2, 0.25) is 0 Å². The van der Waals surface area contributed by atoms with Crippen molar-refractivity contribution < 1.29 is 52.8 Å². The minimum Gasteiger partial charge on any atom is -0.452 e. The summed E-state index contributed by atoms with van der Waals surface area (Å²) >= 11 is 0. The Morgan fingerprint density at radius 3 is 0.692 bits per heavy atom. The molecule has 0 bridgehead atoms. The lowest BCUT2D eigenvalue weighted by Gasteiger charge is -2.46. The maximum absolute atomic E-state index is 13.7. The largest absolute Gasteiger partial charge is 0.452 e. The molecule has 2 unspecified atom stereocenters. The van der Waals surface area contributed by atoms with Crippen molar-refractivity contribution in [3.05, 3.63) is 179 Å². The SMILES string of the molecule is O=C(OC1[C@@H](OC(=O)c2ccccc2)[C@H](OC(=O)c2ccccc2)C(O)[C@H](OC(=O)c2ccccc2)[C@H]1OC(=O)c1ccccc1)c1ccccc1. The average molecular weight is 701 g/mol. The predicted molar refractivity (Wildman–Crippen MR) is 184 cm³/mol. The fraction of sp³-hybridized carbons (Fsp3) is 0.146. The van der Waals surface area contributed by atoms with Crippen LogP contribution < -0.4 is 0 Å². The first kappa shape index (κ1) is 35.2. The zero-order valence-corrected chi connectivity index (χ0v) is 27.4. The van der Waals surface area contributed by atoms with E-state index >= 15 is 0 Å². The van der Waals surface area contributed by atoms with Crippen molar-refractivity contribution in [2.45, 2.75) is 36.6 Å². The van der Waals surface area contributed by atoms with Crippen molar-refractivity contribution in [2.24, 2.45) is 0 Å². The van der Waals surface area contributed by atoms with E-state index in [-0.39, 0.29) is 27.8 Å². The Kier molecular flexibility index (Phi) is 11.1. The van der Waals surface area contributed by atoms with Gasteiger partial charge in [0, 0.05) is 0 Å². The summed E-state index contributed by atoms with van der Waals surface area (Å²) in [5, 5.41) is 12.0. The highest BCUT2D eigenvalue weighted by Crippen LogP contribution is 2.35. The Hall–Kier alpha value is -6.59. The second-order valence-electron chi connectivity index (χ2n) is 11.7. The van der Waals surface area contributed by atoms with E-state index in [1.54, 1.807) is 91.0 Å². The molecule has 1 fully saturated rings. The Balaban J connectivity index is 1.47. The molecule has 6 rings (SSSR count). The third kappa shape index (κ3) is 8.23. The van der Waals surface area contributed by atoms with E-state index in [1.165, 1.54) is 60.7 Å². The summed E-state index contributed by atoms with van der Waals surface area (Å²) in [5.74, 6) is -4.69. The molecular formula is C41H32O11. The van der Waals surface area contributed by atoms with Crippen molar-refractivity contribution in [2.75, 3.05) is 0 Å². The number of esters is 5. The van der Waals surface area contributed by atoms with Gasteiger partial charge in [-0.2, -0.15) is 0 Å². The minimum atomic E-state index is -1.99. The van der Waals surface area contributed by atoms with Crippen molar-refractivity contribution in [1.29, 1.82) is 0 Å². The standard InChI is InChI=1S/C41H32O11/c42-31-32(48-37(43)26-16-6-1-7-17-26)34(50-39(45)28-20-10-3-11-21-28)36(52-41(47)30-24-14-5-15-25-30)35(51-40(46)29-22-12-4-13-23-29)33(31)49-38(44)27-18-8-2-9-19-27/h1-25,31-36,42H/t31?,32-,33+,34+,35-,36?. The first-order valence-electron chi connectivity index (χ1n) is 16.3. The molecule has 0 aliphatic heterocycles. The lowest BCUT2D eigenvalue weighted by Crippen LogP contribution is -2.68. The molecule has 5 aromatic rings. The topological polar surface area (TPSA) is 152 Å². The molecule has 1 aliphatic rings. The van der Waals surface area contributed by atoms with Gasteiger partial charge in [-0.25, -0.2) is 24.0 Å². The van der Waals surface area contributed by atoms with Gasteiger partial charge >= 0.3 is 29.8 Å². The van der Waals surface area contributed by atoms with Crippen LogP contribution in [0.4, 0.5) is 0 Å². The van der Waals surface area contributed by atoms with Crippen LogP contribution in [-0.4, -0.2) is 71.6 Å². The average Bonchev–Trinajstić information content (AvgIpc) is 3.20. The molecule has 0 heterocycles.